The van der Waals surface area contributed by atoms with Crippen LogP contribution >= 0.6 is 0 Å². The van der Waals surface area contributed by atoms with Crippen molar-refractivity contribution in [2.45, 2.75) is 44.7 Å². The Balaban J connectivity index is 2.10. The molecule has 1 aliphatic carbocycles. The number of carbonyl (C=O) groups is 1. The van der Waals surface area contributed by atoms with Gasteiger partial charge in [-0.15, -0.1) is 0 Å². The van der Waals surface area contributed by atoms with Gasteiger partial charge in [-0.05, 0) is 44.7 Å². The minimum atomic E-state index is 0.121. The molecule has 1 fully saturated rings. The fourth-order valence-electron chi connectivity index (χ4n) is 2.64. The second-order valence-electron chi connectivity index (χ2n) is 5.29. The summed E-state index contributed by atoms with van der Waals surface area (Å²) < 4.78 is 0. The van der Waals surface area contributed by atoms with Gasteiger partial charge in [0.15, 0.2) is 5.78 Å². The van der Waals surface area contributed by atoms with Crippen LogP contribution in [0.3, 0.4) is 0 Å². The largest absolute Gasteiger partial charge is 0.372 e. The average molecular weight is 246 g/mol. The van der Waals surface area contributed by atoms with Crippen LogP contribution in [0.15, 0.2) is 24.3 Å². The Hall–Kier alpha value is -1.35. The highest BCUT2D eigenvalue weighted by molar-refractivity contribution is 5.94. The first-order valence-corrected chi connectivity index (χ1v) is 6.67. The van der Waals surface area contributed by atoms with Crippen LogP contribution < -0.4 is 10.6 Å². The summed E-state index contributed by atoms with van der Waals surface area (Å²) in [7, 11) is 2.11. The number of hydrogen-bond acceptors (Lipinski definition) is 3. The summed E-state index contributed by atoms with van der Waals surface area (Å²) in [6.07, 6.45) is 4.48. The van der Waals surface area contributed by atoms with E-state index in [-0.39, 0.29) is 5.78 Å². The molecule has 1 aromatic carbocycles. The maximum Gasteiger partial charge on any atom is 0.159 e. The normalized spacial score (nSPS) is 23.7. The molecule has 0 amide bonds. The van der Waals surface area contributed by atoms with E-state index in [1.165, 1.54) is 0 Å². The lowest BCUT2D eigenvalue weighted by atomic mass is 9.90. The molecular formula is C15H22N2O. The molecule has 0 aliphatic heterocycles. The minimum absolute atomic E-state index is 0.121. The van der Waals surface area contributed by atoms with Gasteiger partial charge in [-0.2, -0.15) is 0 Å². The second kappa shape index (κ2) is 5.53. The van der Waals surface area contributed by atoms with Crippen molar-refractivity contribution in [2.24, 2.45) is 5.73 Å². The molecular weight excluding hydrogens is 224 g/mol. The van der Waals surface area contributed by atoms with Gasteiger partial charge >= 0.3 is 0 Å². The Kier molecular flexibility index (Phi) is 4.02. The zero-order valence-corrected chi connectivity index (χ0v) is 11.2. The van der Waals surface area contributed by atoms with Gasteiger partial charge in [-0.25, -0.2) is 0 Å². The quantitative estimate of drug-likeness (QED) is 0.834. The molecule has 0 unspecified atom stereocenters. The van der Waals surface area contributed by atoms with Crippen molar-refractivity contribution in [3.63, 3.8) is 0 Å². The number of benzene rings is 1. The van der Waals surface area contributed by atoms with E-state index in [1.54, 1.807) is 6.92 Å². The summed E-state index contributed by atoms with van der Waals surface area (Å²) >= 11 is 0. The molecule has 1 saturated carbocycles. The minimum Gasteiger partial charge on any atom is -0.372 e. The predicted octanol–water partition coefficient (Wildman–Crippen LogP) is 2.60. The number of rotatable bonds is 3. The van der Waals surface area contributed by atoms with Crippen LogP contribution in [0.4, 0.5) is 5.69 Å². The Bertz CT molecular complexity index is 422. The molecule has 0 atom stereocenters. The summed E-state index contributed by atoms with van der Waals surface area (Å²) in [5, 5.41) is 0. The van der Waals surface area contributed by atoms with Crippen molar-refractivity contribution in [1.82, 2.24) is 0 Å². The summed E-state index contributed by atoms with van der Waals surface area (Å²) in [6, 6.07) is 8.80. The molecule has 3 heteroatoms. The van der Waals surface area contributed by atoms with Gasteiger partial charge in [-0.3, -0.25) is 4.79 Å². The van der Waals surface area contributed by atoms with E-state index in [4.69, 9.17) is 5.73 Å². The fraction of sp³-hybridized carbons (Fsp3) is 0.533. The van der Waals surface area contributed by atoms with Crippen LogP contribution in [0, 0.1) is 0 Å². The first-order valence-electron chi connectivity index (χ1n) is 6.67. The van der Waals surface area contributed by atoms with Gasteiger partial charge in [-0.1, -0.05) is 12.1 Å². The van der Waals surface area contributed by atoms with Crippen LogP contribution in [0.1, 0.15) is 43.0 Å². The maximum atomic E-state index is 11.4. The van der Waals surface area contributed by atoms with E-state index in [9.17, 15) is 4.79 Å². The molecule has 0 radical (unpaired) electrons. The van der Waals surface area contributed by atoms with Crippen molar-refractivity contribution in [2.75, 3.05) is 11.9 Å². The lowest BCUT2D eigenvalue weighted by molar-refractivity contribution is 0.101. The molecule has 3 nitrogen and oxygen atoms in total. The van der Waals surface area contributed by atoms with Crippen LogP contribution in [0.2, 0.25) is 0 Å². The highest BCUT2D eigenvalue weighted by Gasteiger charge is 2.22. The number of nitrogens with two attached hydrogens (primary N) is 1. The molecule has 0 heterocycles. The highest BCUT2D eigenvalue weighted by Crippen LogP contribution is 2.26. The number of carbonyl (C=O) groups excluding carboxylic acids is 1. The van der Waals surface area contributed by atoms with Crippen LogP contribution in [-0.4, -0.2) is 24.9 Å². The van der Waals surface area contributed by atoms with Gasteiger partial charge in [0, 0.05) is 30.4 Å². The van der Waals surface area contributed by atoms with Crippen molar-refractivity contribution < 1.29 is 4.79 Å². The molecule has 18 heavy (non-hydrogen) atoms. The van der Waals surface area contributed by atoms with E-state index in [0.29, 0.717) is 12.1 Å². The number of anilines is 1. The maximum absolute atomic E-state index is 11.4. The van der Waals surface area contributed by atoms with Gasteiger partial charge in [0.05, 0.1) is 0 Å². The smallest absolute Gasteiger partial charge is 0.159 e. The van der Waals surface area contributed by atoms with E-state index >= 15 is 0 Å². The lowest BCUT2D eigenvalue weighted by Crippen LogP contribution is -2.38. The van der Waals surface area contributed by atoms with Crippen LogP contribution in [-0.2, 0) is 0 Å². The highest BCUT2D eigenvalue weighted by atomic mass is 16.1. The van der Waals surface area contributed by atoms with Crippen molar-refractivity contribution in [3.05, 3.63) is 29.8 Å². The molecule has 0 saturated heterocycles. The van der Waals surface area contributed by atoms with Crippen LogP contribution in [0.5, 0.6) is 0 Å². The predicted molar refractivity (Wildman–Crippen MR) is 75.1 cm³/mol. The fourth-order valence-corrected chi connectivity index (χ4v) is 2.64. The van der Waals surface area contributed by atoms with Gasteiger partial charge in [0.2, 0.25) is 0 Å². The van der Waals surface area contributed by atoms with E-state index < -0.39 is 0 Å². The number of ketones is 1. The topological polar surface area (TPSA) is 46.3 Å². The summed E-state index contributed by atoms with van der Waals surface area (Å²) in [4.78, 5) is 13.7. The molecule has 1 aliphatic rings. The Morgan fingerprint density at radius 2 is 1.94 bits per heavy atom. The standard InChI is InChI=1S/C15H22N2O/c1-11(18)12-4-3-5-15(10-12)17(2)14-8-6-13(16)7-9-14/h3-5,10,13-14H,6-9,16H2,1-2H3. The van der Waals surface area contributed by atoms with Crippen LogP contribution in [0.25, 0.3) is 0 Å². The summed E-state index contributed by atoms with van der Waals surface area (Å²) in [6.45, 7) is 1.61. The summed E-state index contributed by atoms with van der Waals surface area (Å²) in [5.41, 5.74) is 7.85. The zero-order chi connectivity index (χ0) is 13.1. The third-order valence-corrected chi connectivity index (χ3v) is 3.95. The van der Waals surface area contributed by atoms with E-state index in [0.717, 1.165) is 36.9 Å². The third kappa shape index (κ3) is 2.91. The summed E-state index contributed by atoms with van der Waals surface area (Å²) in [5.74, 6) is 0.121. The number of nitrogens with zero attached hydrogens (tertiary/aromatic N) is 1. The number of hydrogen-bond donors (Lipinski definition) is 1. The lowest BCUT2D eigenvalue weighted by Gasteiger charge is -2.35. The van der Waals surface area contributed by atoms with Gasteiger partial charge in [0.25, 0.3) is 0 Å². The molecule has 0 spiro atoms. The zero-order valence-electron chi connectivity index (χ0n) is 11.2. The van der Waals surface area contributed by atoms with E-state index in [2.05, 4.69) is 18.0 Å². The number of Topliss-reactive ketones (excluding diaryl/α,β-unsaturated/α-hetero) is 1. The first-order chi connectivity index (χ1) is 8.58. The van der Waals surface area contributed by atoms with Crippen molar-refractivity contribution >= 4 is 11.5 Å². The Morgan fingerprint density at radius 1 is 1.28 bits per heavy atom. The van der Waals surface area contributed by atoms with Gasteiger partial charge in [0.1, 0.15) is 0 Å². The third-order valence-electron chi connectivity index (χ3n) is 3.95. The molecule has 1 aromatic rings. The molecule has 2 rings (SSSR count). The molecule has 2 N–H and O–H groups in total. The molecule has 0 bridgehead atoms. The van der Waals surface area contributed by atoms with Gasteiger partial charge < -0.3 is 10.6 Å². The average Bonchev–Trinajstić information content (AvgIpc) is 2.39. The van der Waals surface area contributed by atoms with E-state index in [1.807, 2.05) is 18.2 Å². The SMILES string of the molecule is CC(=O)c1cccc(N(C)C2CCC(N)CC2)c1. The molecule has 0 aromatic heterocycles. The molecule has 98 valence electrons. The monoisotopic (exact) mass is 246 g/mol. The van der Waals surface area contributed by atoms with Crippen molar-refractivity contribution in [1.29, 1.82) is 0 Å². The second-order valence-corrected chi connectivity index (χ2v) is 5.29. The Labute approximate surface area is 109 Å². The van der Waals surface area contributed by atoms with Crippen molar-refractivity contribution in [3.8, 4) is 0 Å². The first kappa shape index (κ1) is 13.1. The Morgan fingerprint density at radius 3 is 2.56 bits per heavy atom.